The van der Waals surface area contributed by atoms with Crippen molar-refractivity contribution < 1.29 is 13.2 Å². The minimum Gasteiger partial charge on any atom is -0.487 e. The molecule has 10 heteroatoms. The molecule has 6 nitrogen and oxygen atoms in total. The normalized spacial score (nSPS) is 11.3. The van der Waals surface area contributed by atoms with Crippen LogP contribution in [0.5, 0.6) is 5.75 Å². The van der Waals surface area contributed by atoms with Crippen LogP contribution in [0.2, 0.25) is 10.3 Å². The van der Waals surface area contributed by atoms with Gasteiger partial charge in [-0.05, 0) is 24.3 Å². The van der Waals surface area contributed by atoms with Crippen molar-refractivity contribution in [1.29, 1.82) is 0 Å². The van der Waals surface area contributed by atoms with Gasteiger partial charge in [0.25, 0.3) is 10.0 Å². The van der Waals surface area contributed by atoms with Crippen molar-refractivity contribution in [3.8, 4) is 5.75 Å². The summed E-state index contributed by atoms with van der Waals surface area (Å²) in [5, 5.41) is 1.79. The first-order valence-corrected chi connectivity index (χ1v) is 10.1. The highest BCUT2D eigenvalue weighted by Crippen LogP contribution is 2.25. The first-order chi connectivity index (χ1) is 11.9. The van der Waals surface area contributed by atoms with E-state index in [1.165, 1.54) is 23.5 Å². The van der Waals surface area contributed by atoms with E-state index in [2.05, 4.69) is 14.7 Å². The highest BCUT2D eigenvalue weighted by molar-refractivity contribution is 7.92. The summed E-state index contributed by atoms with van der Waals surface area (Å²) in [5.74, 6) is 0.508. The average molecular weight is 416 g/mol. The number of thiazole rings is 1. The second-order valence-corrected chi connectivity index (χ2v) is 7.94. The van der Waals surface area contributed by atoms with Gasteiger partial charge in [-0.25, -0.2) is 18.4 Å². The zero-order chi connectivity index (χ0) is 17.9. The van der Waals surface area contributed by atoms with Gasteiger partial charge in [0.1, 0.15) is 22.4 Å². The smallest absolute Gasteiger partial charge is 0.264 e. The fourth-order valence-corrected chi connectivity index (χ4v) is 4.18. The average Bonchev–Trinajstić information content (AvgIpc) is 3.06. The Kier molecular flexibility index (Phi) is 5.43. The van der Waals surface area contributed by atoms with Gasteiger partial charge in [-0.15, -0.1) is 11.3 Å². The molecule has 0 amide bonds. The van der Waals surface area contributed by atoms with Gasteiger partial charge >= 0.3 is 0 Å². The topological polar surface area (TPSA) is 81.2 Å². The first kappa shape index (κ1) is 17.9. The summed E-state index contributed by atoms with van der Waals surface area (Å²) in [5.41, 5.74) is 2.85. The van der Waals surface area contributed by atoms with E-state index in [1.54, 1.807) is 29.8 Å². The van der Waals surface area contributed by atoms with E-state index in [-0.39, 0.29) is 15.2 Å². The van der Waals surface area contributed by atoms with Crippen LogP contribution in [0.1, 0.15) is 5.69 Å². The number of ether oxygens (including phenoxy) is 1. The van der Waals surface area contributed by atoms with Gasteiger partial charge in [-0.1, -0.05) is 29.3 Å². The van der Waals surface area contributed by atoms with Gasteiger partial charge in [0.15, 0.2) is 5.15 Å². The Morgan fingerprint density at radius 1 is 1.20 bits per heavy atom. The lowest BCUT2D eigenvalue weighted by molar-refractivity contribution is 0.302. The number of nitrogens with zero attached hydrogens (tertiary/aromatic N) is 2. The van der Waals surface area contributed by atoms with Crippen molar-refractivity contribution >= 4 is 50.2 Å². The predicted molar refractivity (Wildman–Crippen MR) is 98.0 cm³/mol. The fraction of sp³-hybridized carbons (Fsp3) is 0.0667. The van der Waals surface area contributed by atoms with Crippen LogP contribution in [0, 0.1) is 0 Å². The number of pyridine rings is 1. The lowest BCUT2D eigenvalue weighted by atomic mass is 10.3. The van der Waals surface area contributed by atoms with Gasteiger partial charge in [0.05, 0.1) is 16.9 Å². The van der Waals surface area contributed by atoms with Gasteiger partial charge in [0, 0.05) is 11.4 Å². The lowest BCUT2D eigenvalue weighted by Crippen LogP contribution is -2.14. The van der Waals surface area contributed by atoms with Crippen LogP contribution in [0.15, 0.2) is 52.2 Å². The summed E-state index contributed by atoms with van der Waals surface area (Å²) in [7, 11) is -3.90. The molecule has 25 heavy (non-hydrogen) atoms. The fourth-order valence-electron chi connectivity index (χ4n) is 1.93. The summed E-state index contributed by atoms with van der Waals surface area (Å²) >= 11 is 13.0. The molecule has 0 fully saturated rings. The van der Waals surface area contributed by atoms with Crippen molar-refractivity contribution in [2.24, 2.45) is 0 Å². The summed E-state index contributed by atoms with van der Waals surface area (Å²) in [4.78, 5) is 7.70. The van der Waals surface area contributed by atoms with Crippen molar-refractivity contribution in [3.63, 3.8) is 0 Å². The van der Waals surface area contributed by atoms with Gasteiger partial charge in [0.2, 0.25) is 0 Å². The highest BCUT2D eigenvalue weighted by atomic mass is 35.5. The Balaban J connectivity index is 1.76. The maximum absolute atomic E-state index is 12.5. The van der Waals surface area contributed by atoms with E-state index in [9.17, 15) is 8.42 Å². The van der Waals surface area contributed by atoms with Gasteiger partial charge < -0.3 is 4.74 Å². The third-order valence-electron chi connectivity index (χ3n) is 3.03. The molecule has 2 heterocycles. The monoisotopic (exact) mass is 415 g/mol. The Bertz CT molecular complexity index is 979. The zero-order valence-electron chi connectivity index (χ0n) is 12.5. The molecule has 3 rings (SSSR count). The first-order valence-electron chi connectivity index (χ1n) is 6.89. The second-order valence-electron chi connectivity index (χ2n) is 4.82. The number of rotatable bonds is 6. The van der Waals surface area contributed by atoms with Crippen LogP contribution < -0.4 is 9.46 Å². The van der Waals surface area contributed by atoms with Crippen LogP contribution in [0.25, 0.3) is 0 Å². The van der Waals surface area contributed by atoms with Crippen LogP contribution in [0.3, 0.4) is 0 Å². The van der Waals surface area contributed by atoms with E-state index < -0.39 is 10.0 Å². The Morgan fingerprint density at radius 3 is 2.76 bits per heavy atom. The molecule has 0 atom stereocenters. The SMILES string of the molecule is O=S(=O)(Nc1cccc(OCc2cscn2)c1)c1ccc(Cl)nc1Cl. The Hall–Kier alpha value is -1.87. The number of sulfonamides is 1. The molecule has 1 N–H and O–H groups in total. The number of anilines is 1. The molecule has 0 bridgehead atoms. The second kappa shape index (κ2) is 7.57. The predicted octanol–water partition coefficient (Wildman–Crippen LogP) is 4.22. The number of aromatic nitrogens is 2. The molecular weight excluding hydrogens is 405 g/mol. The summed E-state index contributed by atoms with van der Waals surface area (Å²) in [6.07, 6.45) is 0. The summed E-state index contributed by atoms with van der Waals surface area (Å²) in [6.45, 7) is 0.298. The zero-order valence-corrected chi connectivity index (χ0v) is 15.7. The molecule has 0 aliphatic heterocycles. The molecule has 0 radical (unpaired) electrons. The maximum atomic E-state index is 12.5. The molecule has 3 aromatic rings. The van der Waals surface area contributed by atoms with Gasteiger partial charge in [-0.2, -0.15) is 0 Å². The van der Waals surface area contributed by atoms with E-state index in [4.69, 9.17) is 27.9 Å². The van der Waals surface area contributed by atoms with E-state index in [0.717, 1.165) is 5.69 Å². The molecule has 0 saturated carbocycles. The number of benzene rings is 1. The summed E-state index contributed by atoms with van der Waals surface area (Å²) < 4.78 is 33.0. The van der Waals surface area contributed by atoms with Crippen LogP contribution in [-0.4, -0.2) is 18.4 Å². The number of halogens is 2. The standard InChI is InChI=1S/C15H11Cl2N3O3S2/c16-14-5-4-13(15(17)19-14)25(21,22)20-10-2-1-3-12(6-10)23-7-11-8-24-9-18-11/h1-6,8-9,20H,7H2. The molecule has 0 saturated heterocycles. The van der Waals surface area contributed by atoms with Crippen molar-refractivity contribution in [3.05, 3.63) is 63.3 Å². The number of hydrogen-bond donors (Lipinski definition) is 1. The largest absolute Gasteiger partial charge is 0.487 e. The van der Waals surface area contributed by atoms with Crippen LogP contribution >= 0.6 is 34.5 Å². The van der Waals surface area contributed by atoms with Crippen molar-refractivity contribution in [1.82, 2.24) is 9.97 Å². The minimum absolute atomic E-state index is 0.112. The van der Waals surface area contributed by atoms with Crippen molar-refractivity contribution in [2.45, 2.75) is 11.5 Å². The third-order valence-corrected chi connectivity index (χ3v) is 5.69. The molecule has 0 aliphatic carbocycles. The molecule has 130 valence electrons. The van der Waals surface area contributed by atoms with Crippen molar-refractivity contribution in [2.75, 3.05) is 4.72 Å². The van der Waals surface area contributed by atoms with Gasteiger partial charge in [-0.3, -0.25) is 4.72 Å². The molecule has 0 unspecified atom stereocenters. The number of hydrogen-bond acceptors (Lipinski definition) is 6. The molecular formula is C15H11Cl2N3O3S2. The number of nitrogens with one attached hydrogen (secondary N) is 1. The highest BCUT2D eigenvalue weighted by Gasteiger charge is 2.19. The van der Waals surface area contributed by atoms with E-state index in [0.29, 0.717) is 18.0 Å². The molecule has 0 spiro atoms. The minimum atomic E-state index is -3.90. The Labute approximate surface area is 158 Å². The summed E-state index contributed by atoms with van der Waals surface area (Å²) in [6, 6.07) is 9.22. The maximum Gasteiger partial charge on any atom is 0.264 e. The quantitative estimate of drug-likeness (QED) is 0.609. The van der Waals surface area contributed by atoms with E-state index >= 15 is 0 Å². The Morgan fingerprint density at radius 2 is 2.04 bits per heavy atom. The van der Waals surface area contributed by atoms with Crippen LogP contribution in [-0.2, 0) is 16.6 Å². The van der Waals surface area contributed by atoms with Crippen LogP contribution in [0.4, 0.5) is 5.69 Å². The lowest BCUT2D eigenvalue weighted by Gasteiger charge is -2.11. The molecule has 2 aromatic heterocycles. The van der Waals surface area contributed by atoms with E-state index in [1.807, 2.05) is 5.38 Å². The third kappa shape index (κ3) is 4.60. The molecule has 0 aliphatic rings. The molecule has 1 aromatic carbocycles.